The number of methoxy groups -OCH3 is 1. The van der Waals surface area contributed by atoms with Crippen molar-refractivity contribution in [2.45, 2.75) is 19.3 Å². The molecule has 0 saturated carbocycles. The number of ether oxygens (including phenoxy) is 1. The summed E-state index contributed by atoms with van der Waals surface area (Å²) in [6.45, 7) is 0. The van der Waals surface area contributed by atoms with Gasteiger partial charge in [-0.3, -0.25) is 0 Å². The normalized spacial score (nSPS) is 13.7. The number of imidazole rings is 1. The summed E-state index contributed by atoms with van der Waals surface area (Å²) in [5.74, 6) is 1.79. The van der Waals surface area contributed by atoms with Crippen LogP contribution < -0.4 is 4.74 Å². The Morgan fingerprint density at radius 2 is 1.90 bits per heavy atom. The first-order valence-corrected chi connectivity index (χ1v) is 7.00. The molecule has 100 valence electrons. The van der Waals surface area contributed by atoms with Crippen LogP contribution in [0.25, 0.3) is 22.4 Å². The third-order valence-corrected chi connectivity index (χ3v) is 4.06. The summed E-state index contributed by atoms with van der Waals surface area (Å²) in [7, 11) is 1.73. The first-order chi connectivity index (χ1) is 9.85. The fourth-order valence-electron chi connectivity index (χ4n) is 3.04. The van der Waals surface area contributed by atoms with Crippen molar-refractivity contribution in [1.82, 2.24) is 9.97 Å². The first kappa shape index (κ1) is 11.5. The third-order valence-electron chi connectivity index (χ3n) is 4.06. The van der Waals surface area contributed by atoms with Crippen LogP contribution in [0.15, 0.2) is 36.4 Å². The largest absolute Gasteiger partial charge is 0.496 e. The molecule has 4 rings (SSSR count). The number of nitrogens with one attached hydrogen (secondary N) is 1. The van der Waals surface area contributed by atoms with E-state index in [9.17, 15) is 0 Å². The van der Waals surface area contributed by atoms with Crippen molar-refractivity contribution >= 4 is 11.0 Å². The predicted octanol–water partition coefficient (Wildman–Crippen LogP) is 3.73. The molecule has 3 aromatic rings. The fourth-order valence-corrected chi connectivity index (χ4v) is 3.04. The van der Waals surface area contributed by atoms with Gasteiger partial charge in [0.2, 0.25) is 0 Å². The Morgan fingerprint density at radius 3 is 2.70 bits per heavy atom. The van der Waals surface area contributed by atoms with E-state index in [1.807, 2.05) is 24.3 Å². The molecule has 3 nitrogen and oxygen atoms in total. The predicted molar refractivity (Wildman–Crippen MR) is 80.1 cm³/mol. The molecule has 0 atom stereocenters. The third kappa shape index (κ3) is 1.70. The van der Waals surface area contributed by atoms with Gasteiger partial charge in [0, 0.05) is 0 Å². The van der Waals surface area contributed by atoms with E-state index in [2.05, 4.69) is 22.1 Å². The second-order valence-electron chi connectivity index (χ2n) is 5.28. The molecular formula is C17H16N2O. The van der Waals surface area contributed by atoms with E-state index in [4.69, 9.17) is 4.74 Å². The first-order valence-electron chi connectivity index (χ1n) is 7.00. The molecule has 1 N–H and O–H groups in total. The Labute approximate surface area is 117 Å². The Hall–Kier alpha value is -2.29. The summed E-state index contributed by atoms with van der Waals surface area (Å²) in [5, 5.41) is 0. The van der Waals surface area contributed by atoms with E-state index in [0.29, 0.717) is 0 Å². The number of aromatic nitrogens is 2. The van der Waals surface area contributed by atoms with Gasteiger partial charge in [-0.2, -0.15) is 0 Å². The zero-order valence-electron chi connectivity index (χ0n) is 11.4. The maximum absolute atomic E-state index is 5.56. The van der Waals surface area contributed by atoms with Crippen LogP contribution in [0.1, 0.15) is 17.5 Å². The number of aromatic amines is 1. The molecule has 0 bridgehead atoms. The standard InChI is InChI=1S/C17H16N2O/c1-20-16-10-12-6-4-5-11(12)9-13(16)17-18-14-7-2-3-8-15(14)19-17/h2-3,7-10H,4-6H2,1H3,(H,18,19). The Morgan fingerprint density at radius 1 is 1.10 bits per heavy atom. The highest BCUT2D eigenvalue weighted by molar-refractivity contribution is 5.81. The van der Waals surface area contributed by atoms with Gasteiger partial charge in [-0.25, -0.2) is 4.98 Å². The molecule has 2 aromatic carbocycles. The summed E-state index contributed by atoms with van der Waals surface area (Å²) < 4.78 is 5.56. The second-order valence-corrected chi connectivity index (χ2v) is 5.28. The van der Waals surface area contributed by atoms with Crippen LogP contribution >= 0.6 is 0 Å². The Kier molecular flexibility index (Phi) is 2.52. The van der Waals surface area contributed by atoms with Gasteiger partial charge in [0.25, 0.3) is 0 Å². The zero-order valence-corrected chi connectivity index (χ0v) is 11.4. The zero-order chi connectivity index (χ0) is 13.5. The molecule has 0 aliphatic heterocycles. The summed E-state index contributed by atoms with van der Waals surface area (Å²) >= 11 is 0. The number of para-hydroxylation sites is 2. The fraction of sp³-hybridized carbons (Fsp3) is 0.235. The second kappa shape index (κ2) is 4.37. The lowest BCUT2D eigenvalue weighted by molar-refractivity contribution is 0.415. The van der Waals surface area contributed by atoms with Crippen molar-refractivity contribution in [3.8, 4) is 17.1 Å². The summed E-state index contributed by atoms with van der Waals surface area (Å²) in [6.07, 6.45) is 3.56. The number of H-pyrrole nitrogens is 1. The van der Waals surface area contributed by atoms with Gasteiger partial charge in [0.15, 0.2) is 0 Å². The number of rotatable bonds is 2. The molecule has 0 unspecified atom stereocenters. The van der Waals surface area contributed by atoms with E-state index in [-0.39, 0.29) is 0 Å². The van der Waals surface area contributed by atoms with Crippen LogP contribution in [-0.2, 0) is 12.8 Å². The topological polar surface area (TPSA) is 37.9 Å². The van der Waals surface area contributed by atoms with Crippen molar-refractivity contribution in [2.24, 2.45) is 0 Å². The SMILES string of the molecule is COc1cc2c(cc1-c1nc3ccccc3[nH]1)CCC2. The van der Waals surface area contributed by atoms with Crippen LogP contribution in [-0.4, -0.2) is 17.1 Å². The average molecular weight is 264 g/mol. The van der Waals surface area contributed by atoms with Crippen molar-refractivity contribution in [1.29, 1.82) is 0 Å². The van der Waals surface area contributed by atoms with Crippen LogP contribution in [0.5, 0.6) is 5.75 Å². The van der Waals surface area contributed by atoms with Gasteiger partial charge in [-0.1, -0.05) is 12.1 Å². The van der Waals surface area contributed by atoms with Crippen LogP contribution in [0.3, 0.4) is 0 Å². The lowest BCUT2D eigenvalue weighted by atomic mass is 10.0. The van der Waals surface area contributed by atoms with E-state index in [1.54, 1.807) is 7.11 Å². The summed E-state index contributed by atoms with van der Waals surface area (Å²) in [6, 6.07) is 12.5. The van der Waals surface area contributed by atoms with E-state index < -0.39 is 0 Å². The molecule has 1 aromatic heterocycles. The number of benzene rings is 2. The number of nitrogens with zero attached hydrogens (tertiary/aromatic N) is 1. The quantitative estimate of drug-likeness (QED) is 0.766. The lowest BCUT2D eigenvalue weighted by Crippen LogP contribution is -1.93. The molecule has 3 heteroatoms. The molecule has 0 spiro atoms. The van der Waals surface area contributed by atoms with Crippen LogP contribution in [0, 0.1) is 0 Å². The molecular weight excluding hydrogens is 248 g/mol. The van der Waals surface area contributed by atoms with Crippen molar-refractivity contribution in [3.63, 3.8) is 0 Å². The highest BCUT2D eigenvalue weighted by Crippen LogP contribution is 2.35. The molecule has 0 radical (unpaired) electrons. The molecule has 20 heavy (non-hydrogen) atoms. The maximum atomic E-state index is 5.56. The lowest BCUT2D eigenvalue weighted by Gasteiger charge is -2.09. The van der Waals surface area contributed by atoms with Crippen LogP contribution in [0.2, 0.25) is 0 Å². The highest BCUT2D eigenvalue weighted by atomic mass is 16.5. The number of fused-ring (bicyclic) bond motifs is 2. The van der Waals surface area contributed by atoms with Crippen LogP contribution in [0.4, 0.5) is 0 Å². The Balaban J connectivity index is 1.92. The van der Waals surface area contributed by atoms with Crippen molar-refractivity contribution < 1.29 is 4.74 Å². The van der Waals surface area contributed by atoms with E-state index in [0.717, 1.165) is 41.0 Å². The molecule has 0 saturated heterocycles. The number of aryl methyl sites for hydroxylation is 2. The van der Waals surface area contributed by atoms with Gasteiger partial charge in [0.1, 0.15) is 11.6 Å². The molecule has 1 aliphatic rings. The number of hydrogen-bond acceptors (Lipinski definition) is 2. The molecule has 0 amide bonds. The Bertz CT molecular complexity index is 756. The van der Waals surface area contributed by atoms with Gasteiger partial charge in [0.05, 0.1) is 23.7 Å². The minimum absolute atomic E-state index is 0.887. The average Bonchev–Trinajstić information content (AvgIpc) is 3.11. The minimum Gasteiger partial charge on any atom is -0.496 e. The van der Waals surface area contributed by atoms with E-state index in [1.165, 1.54) is 17.5 Å². The van der Waals surface area contributed by atoms with Crippen molar-refractivity contribution in [2.75, 3.05) is 7.11 Å². The maximum Gasteiger partial charge on any atom is 0.142 e. The summed E-state index contributed by atoms with van der Waals surface area (Å²) in [5.41, 5.74) is 5.96. The van der Waals surface area contributed by atoms with Gasteiger partial charge >= 0.3 is 0 Å². The molecule has 0 fully saturated rings. The van der Waals surface area contributed by atoms with Gasteiger partial charge in [-0.05, 0) is 54.7 Å². The monoisotopic (exact) mass is 264 g/mol. The molecule has 1 aliphatic carbocycles. The van der Waals surface area contributed by atoms with E-state index >= 15 is 0 Å². The summed E-state index contributed by atoms with van der Waals surface area (Å²) in [4.78, 5) is 8.07. The molecule has 1 heterocycles. The minimum atomic E-state index is 0.887. The van der Waals surface area contributed by atoms with Crippen molar-refractivity contribution in [3.05, 3.63) is 47.5 Å². The van der Waals surface area contributed by atoms with Gasteiger partial charge in [-0.15, -0.1) is 0 Å². The van der Waals surface area contributed by atoms with Gasteiger partial charge < -0.3 is 9.72 Å². The number of hydrogen-bond donors (Lipinski definition) is 1. The highest BCUT2D eigenvalue weighted by Gasteiger charge is 2.17. The smallest absolute Gasteiger partial charge is 0.142 e.